The lowest BCUT2D eigenvalue weighted by molar-refractivity contribution is 0.626. The average Bonchev–Trinajstić information content (AvgIpc) is 2.71. The van der Waals surface area contributed by atoms with Crippen molar-refractivity contribution in [2.75, 3.05) is 5.75 Å². The second-order valence-corrected chi connectivity index (χ2v) is 8.05. The van der Waals surface area contributed by atoms with Crippen molar-refractivity contribution in [1.29, 1.82) is 0 Å². The van der Waals surface area contributed by atoms with Crippen LogP contribution in [0.4, 0.5) is 4.39 Å². The van der Waals surface area contributed by atoms with Crippen LogP contribution in [0.15, 0.2) is 78.9 Å². The molecule has 3 aromatic carbocycles. The summed E-state index contributed by atoms with van der Waals surface area (Å²) in [6.07, 6.45) is 5.58. The summed E-state index contributed by atoms with van der Waals surface area (Å²) in [5, 5.41) is 0. The summed E-state index contributed by atoms with van der Waals surface area (Å²) in [6.45, 7) is 0. The average molecular weight is 379 g/mol. The molecule has 0 aromatic heterocycles. The van der Waals surface area contributed by atoms with E-state index in [4.69, 9.17) is 0 Å². The van der Waals surface area contributed by atoms with Crippen molar-refractivity contribution < 1.29 is 4.39 Å². The Morgan fingerprint density at radius 3 is 2.00 bits per heavy atom. The predicted molar refractivity (Wildman–Crippen MR) is 116 cm³/mol. The normalized spacial score (nSPS) is 10.9. The molecular formula is C25H27FS. The number of thioether (sulfide) groups is 1. The molecule has 0 radical (unpaired) electrons. The fourth-order valence-electron chi connectivity index (χ4n) is 3.21. The highest BCUT2D eigenvalue weighted by molar-refractivity contribution is 7.98. The van der Waals surface area contributed by atoms with E-state index in [9.17, 15) is 4.39 Å². The van der Waals surface area contributed by atoms with Gasteiger partial charge in [-0.1, -0.05) is 66.7 Å². The third-order valence-electron chi connectivity index (χ3n) is 4.73. The Morgan fingerprint density at radius 1 is 0.593 bits per heavy atom. The first-order valence-corrected chi connectivity index (χ1v) is 10.9. The van der Waals surface area contributed by atoms with Gasteiger partial charge in [0, 0.05) is 5.75 Å². The van der Waals surface area contributed by atoms with Crippen molar-refractivity contribution in [3.05, 3.63) is 107 Å². The lowest BCUT2D eigenvalue weighted by atomic mass is 10.0. The van der Waals surface area contributed by atoms with Crippen molar-refractivity contribution in [2.24, 2.45) is 0 Å². The van der Waals surface area contributed by atoms with E-state index >= 15 is 0 Å². The van der Waals surface area contributed by atoms with Gasteiger partial charge in [0.15, 0.2) is 0 Å². The Labute approximate surface area is 166 Å². The van der Waals surface area contributed by atoms with Crippen LogP contribution in [0.1, 0.15) is 35.1 Å². The largest absolute Gasteiger partial charge is 0.207 e. The third kappa shape index (κ3) is 7.22. The maximum atomic E-state index is 12.9. The molecule has 0 spiro atoms. The van der Waals surface area contributed by atoms with E-state index in [1.54, 1.807) is 12.1 Å². The van der Waals surface area contributed by atoms with Gasteiger partial charge in [0.2, 0.25) is 0 Å². The molecule has 0 aliphatic heterocycles. The zero-order chi connectivity index (χ0) is 18.7. The number of rotatable bonds is 10. The number of unbranched alkanes of at least 4 members (excludes halogenated alkanes) is 1. The van der Waals surface area contributed by atoms with E-state index < -0.39 is 0 Å². The molecular weight excluding hydrogens is 351 g/mol. The van der Waals surface area contributed by atoms with Crippen LogP contribution in [0.25, 0.3) is 0 Å². The number of hydrogen-bond donors (Lipinski definition) is 0. The molecule has 140 valence electrons. The van der Waals surface area contributed by atoms with Gasteiger partial charge in [0.05, 0.1) is 0 Å². The van der Waals surface area contributed by atoms with E-state index in [1.165, 1.54) is 28.7 Å². The Hall–Kier alpha value is -2.06. The van der Waals surface area contributed by atoms with Gasteiger partial charge in [-0.05, 0) is 72.2 Å². The van der Waals surface area contributed by atoms with Gasteiger partial charge in [-0.15, -0.1) is 0 Å². The molecule has 0 aliphatic carbocycles. The van der Waals surface area contributed by atoms with E-state index in [-0.39, 0.29) is 5.82 Å². The van der Waals surface area contributed by atoms with Gasteiger partial charge in [0.25, 0.3) is 0 Å². The number of benzene rings is 3. The summed E-state index contributed by atoms with van der Waals surface area (Å²) in [5.74, 6) is 2.08. The number of hydrogen-bond acceptors (Lipinski definition) is 1. The quantitative estimate of drug-likeness (QED) is 0.347. The molecule has 0 atom stereocenters. The molecule has 0 amide bonds. The first-order chi connectivity index (χ1) is 13.3. The van der Waals surface area contributed by atoms with Gasteiger partial charge in [-0.25, -0.2) is 4.39 Å². The summed E-state index contributed by atoms with van der Waals surface area (Å²) >= 11 is 2.01. The first-order valence-electron chi connectivity index (χ1n) is 9.73. The second-order valence-electron chi connectivity index (χ2n) is 6.94. The minimum Gasteiger partial charge on any atom is -0.207 e. The molecule has 0 bridgehead atoms. The molecule has 3 aromatic rings. The predicted octanol–water partition coefficient (Wildman–Crippen LogP) is 6.87. The Balaban J connectivity index is 1.36. The highest BCUT2D eigenvalue weighted by Crippen LogP contribution is 2.17. The van der Waals surface area contributed by atoms with Crippen LogP contribution in [0, 0.1) is 5.82 Å². The second kappa shape index (κ2) is 10.9. The lowest BCUT2D eigenvalue weighted by Gasteiger charge is -2.06. The Kier molecular flexibility index (Phi) is 7.98. The van der Waals surface area contributed by atoms with Gasteiger partial charge in [0.1, 0.15) is 5.82 Å². The number of aryl methyl sites for hydroxylation is 3. The summed E-state index contributed by atoms with van der Waals surface area (Å²) in [7, 11) is 0. The summed E-state index contributed by atoms with van der Waals surface area (Å²) < 4.78 is 12.9. The van der Waals surface area contributed by atoms with Crippen molar-refractivity contribution >= 4 is 11.8 Å². The third-order valence-corrected chi connectivity index (χ3v) is 5.76. The molecule has 0 nitrogen and oxygen atoms in total. The van der Waals surface area contributed by atoms with Crippen LogP contribution in [0.3, 0.4) is 0 Å². The van der Waals surface area contributed by atoms with Crippen LogP contribution < -0.4 is 0 Å². The molecule has 3 rings (SSSR count). The van der Waals surface area contributed by atoms with Gasteiger partial charge in [-0.2, -0.15) is 11.8 Å². The minimum absolute atomic E-state index is 0.155. The van der Waals surface area contributed by atoms with E-state index in [1.807, 2.05) is 23.9 Å². The van der Waals surface area contributed by atoms with Crippen LogP contribution >= 0.6 is 11.8 Å². The van der Waals surface area contributed by atoms with Crippen molar-refractivity contribution in [3.63, 3.8) is 0 Å². The van der Waals surface area contributed by atoms with E-state index in [2.05, 4.69) is 54.6 Å². The first kappa shape index (κ1) is 19.7. The molecule has 27 heavy (non-hydrogen) atoms. The summed E-state index contributed by atoms with van der Waals surface area (Å²) in [6, 6.07) is 26.6. The minimum atomic E-state index is -0.155. The maximum Gasteiger partial charge on any atom is 0.123 e. The molecule has 0 heterocycles. The molecule has 0 saturated carbocycles. The van der Waals surface area contributed by atoms with Gasteiger partial charge in [-0.3, -0.25) is 0 Å². The Bertz CT molecular complexity index is 796. The van der Waals surface area contributed by atoms with Crippen LogP contribution in [-0.4, -0.2) is 5.75 Å². The lowest BCUT2D eigenvalue weighted by Crippen LogP contribution is -1.92. The summed E-state index contributed by atoms with van der Waals surface area (Å²) in [4.78, 5) is 0. The highest BCUT2D eigenvalue weighted by Gasteiger charge is 2.00. The molecule has 0 fully saturated rings. The van der Waals surface area contributed by atoms with Crippen LogP contribution in [0.2, 0.25) is 0 Å². The van der Waals surface area contributed by atoms with E-state index in [0.29, 0.717) is 0 Å². The molecule has 0 unspecified atom stereocenters. The van der Waals surface area contributed by atoms with Gasteiger partial charge >= 0.3 is 0 Å². The molecule has 0 N–H and O–H groups in total. The zero-order valence-electron chi connectivity index (χ0n) is 15.7. The fraction of sp³-hybridized carbons (Fsp3) is 0.280. The van der Waals surface area contributed by atoms with E-state index in [0.717, 1.165) is 37.2 Å². The molecule has 0 aliphatic rings. The summed E-state index contributed by atoms with van der Waals surface area (Å²) in [5.41, 5.74) is 5.49. The van der Waals surface area contributed by atoms with Crippen molar-refractivity contribution in [3.8, 4) is 0 Å². The topological polar surface area (TPSA) is 0 Å². The zero-order valence-corrected chi connectivity index (χ0v) is 16.6. The van der Waals surface area contributed by atoms with Crippen LogP contribution in [-0.2, 0) is 25.0 Å². The highest BCUT2D eigenvalue weighted by atomic mass is 32.2. The molecule has 0 saturated heterocycles. The smallest absolute Gasteiger partial charge is 0.123 e. The van der Waals surface area contributed by atoms with Crippen molar-refractivity contribution in [2.45, 2.75) is 37.9 Å². The monoisotopic (exact) mass is 378 g/mol. The van der Waals surface area contributed by atoms with Crippen LogP contribution in [0.5, 0.6) is 0 Å². The van der Waals surface area contributed by atoms with Gasteiger partial charge < -0.3 is 0 Å². The maximum absolute atomic E-state index is 12.9. The standard InChI is InChI=1S/C25H27FS/c26-25-15-13-22(14-16-25)9-4-5-10-23-11-6-12-24(19-23)20-27-18-17-21-7-2-1-3-8-21/h1-3,6-8,11-16,19H,4-5,9-10,17-18,20H2. The van der Waals surface area contributed by atoms with Crippen molar-refractivity contribution in [1.82, 2.24) is 0 Å². The number of halogens is 1. The SMILES string of the molecule is Fc1ccc(CCCCc2cccc(CSCCc3ccccc3)c2)cc1. The molecule has 2 heteroatoms. The fourth-order valence-corrected chi connectivity index (χ4v) is 4.15. The Morgan fingerprint density at radius 2 is 1.22 bits per heavy atom.